The quantitative estimate of drug-likeness (QED) is 0.596. The van der Waals surface area contributed by atoms with E-state index in [2.05, 4.69) is 22.0 Å². The molecule has 0 N–H and O–H groups in total. The number of alkyl halides is 3. The number of aromatic nitrogens is 1. The minimum absolute atomic E-state index is 0.256. The molecule has 4 heterocycles. The average molecular weight is 440 g/mol. The van der Waals surface area contributed by atoms with Crippen molar-refractivity contribution in [2.45, 2.75) is 45.5 Å². The molecule has 2 aromatic heterocycles. The van der Waals surface area contributed by atoms with Gasteiger partial charge in [-0.2, -0.15) is 13.2 Å². The van der Waals surface area contributed by atoms with Crippen LogP contribution in [-0.4, -0.2) is 41.2 Å². The fourth-order valence-corrected chi connectivity index (χ4v) is 5.02. The lowest BCUT2D eigenvalue weighted by Crippen LogP contribution is -2.42. The Bertz CT molecular complexity index is 885. The van der Waals surface area contributed by atoms with E-state index in [1.54, 1.807) is 7.11 Å². The maximum absolute atomic E-state index is 12.9. The molecule has 8 heteroatoms. The second-order valence-corrected chi connectivity index (χ2v) is 8.36. The molecular weight excluding hydrogens is 411 g/mol. The molecule has 0 amide bonds. The van der Waals surface area contributed by atoms with E-state index in [-0.39, 0.29) is 6.04 Å². The Morgan fingerprint density at radius 1 is 1.17 bits per heavy atom. The third kappa shape index (κ3) is 5.22. The first-order valence-corrected chi connectivity index (χ1v) is 11.1. The first-order chi connectivity index (χ1) is 14.4. The second-order valence-electron chi connectivity index (χ2n) is 7.19. The van der Waals surface area contributed by atoms with Crippen LogP contribution in [0.3, 0.4) is 0 Å². The van der Waals surface area contributed by atoms with E-state index in [0.29, 0.717) is 16.1 Å². The molecular formula is C22H28F3N3OS. The SMILES string of the molecule is CC.CON1C=CC=CC1C1CCN(Cc2cc3ncc(C(F)(F)F)cc3s2)CC1. The Morgan fingerprint density at radius 3 is 2.57 bits per heavy atom. The molecule has 4 nitrogen and oxygen atoms in total. The van der Waals surface area contributed by atoms with Crippen molar-refractivity contribution in [1.29, 1.82) is 0 Å². The average Bonchev–Trinajstić information content (AvgIpc) is 3.16. The number of hydrogen-bond acceptors (Lipinski definition) is 5. The minimum atomic E-state index is -4.36. The summed E-state index contributed by atoms with van der Waals surface area (Å²) in [5.41, 5.74) is -0.0516. The van der Waals surface area contributed by atoms with Crippen LogP contribution in [-0.2, 0) is 17.6 Å². The lowest BCUT2D eigenvalue weighted by Gasteiger charge is -2.39. The fraction of sp³-hybridized carbons (Fsp3) is 0.500. The topological polar surface area (TPSA) is 28.6 Å². The highest BCUT2D eigenvalue weighted by Gasteiger charge is 2.32. The van der Waals surface area contributed by atoms with Gasteiger partial charge in [-0.05, 0) is 50.1 Å². The smallest absolute Gasteiger partial charge is 0.298 e. The first-order valence-electron chi connectivity index (χ1n) is 10.3. The Morgan fingerprint density at radius 2 is 1.90 bits per heavy atom. The van der Waals surface area contributed by atoms with Crippen molar-refractivity contribution in [1.82, 2.24) is 14.9 Å². The van der Waals surface area contributed by atoms with E-state index in [0.717, 1.165) is 43.5 Å². The van der Waals surface area contributed by atoms with Gasteiger partial charge >= 0.3 is 6.18 Å². The van der Waals surface area contributed by atoms with Gasteiger partial charge in [0.2, 0.25) is 0 Å². The summed E-state index contributed by atoms with van der Waals surface area (Å²) in [5, 5.41) is 1.90. The number of thiophene rings is 1. The monoisotopic (exact) mass is 439 g/mol. The number of likely N-dealkylation sites (tertiary alicyclic amines) is 1. The molecule has 1 unspecified atom stereocenters. The highest BCUT2D eigenvalue weighted by atomic mass is 32.1. The van der Waals surface area contributed by atoms with E-state index >= 15 is 0 Å². The van der Waals surface area contributed by atoms with Crippen LogP contribution in [0.4, 0.5) is 13.2 Å². The molecule has 1 saturated heterocycles. The van der Waals surface area contributed by atoms with Crippen molar-refractivity contribution in [3.63, 3.8) is 0 Å². The molecule has 0 radical (unpaired) electrons. The summed E-state index contributed by atoms with van der Waals surface area (Å²) in [6.07, 6.45) is 6.84. The van der Waals surface area contributed by atoms with E-state index < -0.39 is 11.7 Å². The van der Waals surface area contributed by atoms with Crippen LogP contribution in [0.1, 0.15) is 37.1 Å². The van der Waals surface area contributed by atoms with Crippen molar-refractivity contribution in [2.75, 3.05) is 20.2 Å². The fourth-order valence-electron chi connectivity index (χ4n) is 3.92. The molecule has 0 saturated carbocycles. The van der Waals surface area contributed by atoms with Crippen LogP contribution < -0.4 is 0 Å². The Labute approximate surface area is 179 Å². The third-order valence-corrected chi connectivity index (χ3v) is 6.46. The van der Waals surface area contributed by atoms with E-state index in [4.69, 9.17) is 4.84 Å². The lowest BCUT2D eigenvalue weighted by atomic mass is 9.88. The van der Waals surface area contributed by atoms with Gasteiger partial charge in [-0.3, -0.25) is 19.8 Å². The van der Waals surface area contributed by atoms with Crippen molar-refractivity contribution < 1.29 is 18.0 Å². The molecule has 4 rings (SSSR count). The van der Waals surface area contributed by atoms with Crippen molar-refractivity contribution in [3.05, 3.63) is 53.2 Å². The standard InChI is InChI=1S/C20H22F3N3OS.C2H6/c1-27-26-7-3-2-4-18(26)14-5-8-25(9-6-14)13-16-11-17-19(28-16)10-15(12-24-17)20(21,22)23;1-2/h2-4,7,10-12,14,18H,5-6,8-9,13H2,1H3;1-2H3. The molecule has 2 aliphatic rings. The molecule has 2 aromatic rings. The van der Waals surface area contributed by atoms with Gasteiger partial charge < -0.3 is 0 Å². The predicted octanol–water partition coefficient (Wildman–Crippen LogP) is 5.87. The number of halogens is 3. The molecule has 164 valence electrons. The molecule has 2 aliphatic heterocycles. The van der Waals surface area contributed by atoms with Crippen LogP contribution >= 0.6 is 11.3 Å². The Balaban J connectivity index is 0.00000124. The minimum Gasteiger partial charge on any atom is -0.298 e. The van der Waals surface area contributed by atoms with Crippen molar-refractivity contribution in [2.24, 2.45) is 5.92 Å². The molecule has 0 spiro atoms. The summed E-state index contributed by atoms with van der Waals surface area (Å²) in [6.45, 7) is 6.68. The number of fused-ring (bicyclic) bond motifs is 1. The van der Waals surface area contributed by atoms with E-state index in [9.17, 15) is 13.2 Å². The summed E-state index contributed by atoms with van der Waals surface area (Å²) in [7, 11) is 1.69. The third-order valence-electron chi connectivity index (χ3n) is 5.40. The molecule has 0 aliphatic carbocycles. The highest BCUT2D eigenvalue weighted by Crippen LogP contribution is 2.34. The van der Waals surface area contributed by atoms with Gasteiger partial charge in [0.15, 0.2) is 0 Å². The van der Waals surface area contributed by atoms with Gasteiger partial charge in [-0.25, -0.2) is 0 Å². The Kier molecular flexibility index (Phi) is 7.55. The summed E-state index contributed by atoms with van der Waals surface area (Å²) in [6, 6.07) is 3.37. The van der Waals surface area contributed by atoms with Crippen LogP contribution in [0.5, 0.6) is 0 Å². The summed E-state index contributed by atoms with van der Waals surface area (Å²) in [5.74, 6) is 0.524. The molecule has 1 atom stereocenters. The van der Waals surface area contributed by atoms with Gasteiger partial charge in [0.25, 0.3) is 0 Å². The van der Waals surface area contributed by atoms with Gasteiger partial charge in [0.05, 0.1) is 28.9 Å². The van der Waals surface area contributed by atoms with Gasteiger partial charge in [0.1, 0.15) is 0 Å². The number of hydroxylamine groups is 2. The zero-order valence-electron chi connectivity index (χ0n) is 17.5. The molecule has 0 bridgehead atoms. The van der Waals surface area contributed by atoms with E-state index in [1.165, 1.54) is 17.4 Å². The zero-order chi connectivity index (χ0) is 21.7. The van der Waals surface area contributed by atoms with Crippen LogP contribution in [0.15, 0.2) is 42.8 Å². The van der Waals surface area contributed by atoms with Crippen molar-refractivity contribution in [3.8, 4) is 0 Å². The maximum atomic E-state index is 12.9. The van der Waals surface area contributed by atoms with Crippen LogP contribution in [0.25, 0.3) is 10.2 Å². The summed E-state index contributed by atoms with van der Waals surface area (Å²) < 4.78 is 39.2. The number of pyridine rings is 1. The zero-order valence-corrected chi connectivity index (χ0v) is 18.3. The van der Waals surface area contributed by atoms with Gasteiger partial charge in [-0.1, -0.05) is 26.0 Å². The second kappa shape index (κ2) is 9.94. The normalized spacial score (nSPS) is 20.5. The van der Waals surface area contributed by atoms with E-state index in [1.807, 2.05) is 37.3 Å². The number of piperidine rings is 1. The highest BCUT2D eigenvalue weighted by molar-refractivity contribution is 7.19. The van der Waals surface area contributed by atoms with Gasteiger partial charge in [0, 0.05) is 23.8 Å². The van der Waals surface area contributed by atoms with Crippen molar-refractivity contribution >= 4 is 21.6 Å². The largest absolute Gasteiger partial charge is 0.417 e. The number of nitrogens with zero attached hydrogens (tertiary/aromatic N) is 3. The molecule has 1 fully saturated rings. The summed E-state index contributed by atoms with van der Waals surface area (Å²) >= 11 is 1.40. The predicted molar refractivity (Wildman–Crippen MR) is 115 cm³/mol. The Hall–Kier alpha value is -1.90. The lowest BCUT2D eigenvalue weighted by molar-refractivity contribution is -0.137. The maximum Gasteiger partial charge on any atom is 0.417 e. The molecule has 0 aromatic carbocycles. The number of allylic oxidation sites excluding steroid dienone is 2. The molecule has 30 heavy (non-hydrogen) atoms. The first kappa shape index (κ1) is 22.8. The number of hydrogen-bond donors (Lipinski definition) is 0. The summed E-state index contributed by atoms with van der Waals surface area (Å²) in [4.78, 5) is 12.9. The van der Waals surface area contributed by atoms with Crippen LogP contribution in [0, 0.1) is 5.92 Å². The van der Waals surface area contributed by atoms with Gasteiger partial charge in [-0.15, -0.1) is 11.3 Å². The van der Waals surface area contributed by atoms with Crippen LogP contribution in [0.2, 0.25) is 0 Å². The number of rotatable bonds is 4.